The maximum absolute atomic E-state index is 10.9. The molecule has 1 aliphatic heterocycles. The molecule has 0 aromatic heterocycles. The van der Waals surface area contributed by atoms with Crippen LogP contribution in [0.1, 0.15) is 10.4 Å². The van der Waals surface area contributed by atoms with Crippen molar-refractivity contribution in [1.29, 1.82) is 0 Å². The van der Waals surface area contributed by atoms with Gasteiger partial charge in [-0.2, -0.15) is 0 Å². The third-order valence-corrected chi connectivity index (χ3v) is 3.61. The second-order valence-electron chi connectivity index (χ2n) is 5.20. The summed E-state index contributed by atoms with van der Waals surface area (Å²) in [5.74, 6) is 0.698. The molecule has 1 heterocycles. The fourth-order valence-electron chi connectivity index (χ4n) is 2.40. The minimum atomic E-state index is -0.917. The van der Waals surface area contributed by atoms with Crippen LogP contribution in [-0.2, 0) is 0 Å². The van der Waals surface area contributed by atoms with Gasteiger partial charge < -0.3 is 14.7 Å². The van der Waals surface area contributed by atoms with Crippen molar-refractivity contribution >= 4 is 12.4 Å². The van der Waals surface area contributed by atoms with Crippen LogP contribution in [0.4, 0.5) is 4.79 Å². The molecule has 0 saturated carbocycles. The molecule has 2 aromatic carbocycles. The molecule has 22 heavy (non-hydrogen) atoms. The summed E-state index contributed by atoms with van der Waals surface area (Å²) in [5, 5.41) is 8.80. The lowest BCUT2D eigenvalue weighted by Gasteiger charge is -2.36. The molecule has 0 atom stereocenters. The summed E-state index contributed by atoms with van der Waals surface area (Å²) in [4.78, 5) is 22.9. The van der Waals surface area contributed by atoms with Gasteiger partial charge in [-0.3, -0.25) is 4.79 Å². The van der Waals surface area contributed by atoms with E-state index in [9.17, 15) is 9.59 Å². The first-order chi connectivity index (χ1) is 10.7. The van der Waals surface area contributed by atoms with Crippen LogP contribution in [0.15, 0.2) is 48.5 Å². The third-order valence-electron chi connectivity index (χ3n) is 3.61. The van der Waals surface area contributed by atoms with Gasteiger partial charge in [0.15, 0.2) is 0 Å². The number of ether oxygens (including phenoxy) is 1. The fourth-order valence-corrected chi connectivity index (χ4v) is 2.40. The van der Waals surface area contributed by atoms with Gasteiger partial charge in [0.1, 0.15) is 18.1 Å². The van der Waals surface area contributed by atoms with Crippen LogP contribution < -0.4 is 4.74 Å². The third kappa shape index (κ3) is 2.93. The minimum absolute atomic E-state index is 0.104. The Morgan fingerprint density at radius 2 is 1.82 bits per heavy atom. The Kier molecular flexibility index (Phi) is 3.78. The standard InChI is InChI=1S/C17H15NO4/c19-11-12-3-1-4-13(7-12)14-5-2-6-15(8-14)22-16-9-18(10-16)17(20)21/h1-8,11,16H,9-10H2,(H,20,21). The molecule has 5 heteroatoms. The molecule has 1 saturated heterocycles. The van der Waals surface area contributed by atoms with Gasteiger partial charge in [0.25, 0.3) is 0 Å². The molecule has 1 N–H and O–H groups in total. The van der Waals surface area contributed by atoms with E-state index in [4.69, 9.17) is 9.84 Å². The van der Waals surface area contributed by atoms with Crippen molar-refractivity contribution in [3.8, 4) is 16.9 Å². The lowest BCUT2D eigenvalue weighted by molar-refractivity contribution is 0.0252. The Labute approximate surface area is 127 Å². The van der Waals surface area contributed by atoms with Gasteiger partial charge in [0.2, 0.25) is 0 Å². The zero-order valence-electron chi connectivity index (χ0n) is 11.8. The molecule has 1 amide bonds. The van der Waals surface area contributed by atoms with Crippen molar-refractivity contribution in [2.24, 2.45) is 0 Å². The first-order valence-electron chi connectivity index (χ1n) is 6.96. The summed E-state index contributed by atoms with van der Waals surface area (Å²) in [6, 6.07) is 14.9. The van der Waals surface area contributed by atoms with E-state index in [-0.39, 0.29) is 6.10 Å². The predicted molar refractivity (Wildman–Crippen MR) is 81.3 cm³/mol. The molecular weight excluding hydrogens is 282 g/mol. The maximum atomic E-state index is 10.9. The van der Waals surface area contributed by atoms with Crippen LogP contribution >= 0.6 is 0 Å². The predicted octanol–water partition coefficient (Wildman–Crippen LogP) is 2.91. The Balaban J connectivity index is 1.73. The second-order valence-corrected chi connectivity index (χ2v) is 5.20. The number of nitrogens with zero attached hydrogens (tertiary/aromatic N) is 1. The molecule has 0 unspecified atom stereocenters. The van der Waals surface area contributed by atoms with Crippen molar-refractivity contribution in [2.45, 2.75) is 6.10 Å². The van der Waals surface area contributed by atoms with Crippen LogP contribution in [0.3, 0.4) is 0 Å². The smallest absolute Gasteiger partial charge is 0.407 e. The topological polar surface area (TPSA) is 66.8 Å². The Morgan fingerprint density at radius 1 is 1.14 bits per heavy atom. The van der Waals surface area contributed by atoms with Gasteiger partial charge in [-0.25, -0.2) is 4.79 Å². The fraction of sp³-hybridized carbons (Fsp3) is 0.176. The SMILES string of the molecule is O=Cc1cccc(-c2cccc(OC3CN(C(=O)O)C3)c2)c1. The summed E-state index contributed by atoms with van der Waals surface area (Å²) < 4.78 is 5.77. The first kappa shape index (κ1) is 14.1. The van der Waals surface area contributed by atoms with E-state index < -0.39 is 6.09 Å². The number of carboxylic acid groups (broad SMARTS) is 1. The first-order valence-corrected chi connectivity index (χ1v) is 6.96. The number of rotatable bonds is 4. The minimum Gasteiger partial charge on any atom is -0.487 e. The highest BCUT2D eigenvalue weighted by molar-refractivity contribution is 5.79. The van der Waals surface area contributed by atoms with Crippen molar-refractivity contribution in [2.75, 3.05) is 13.1 Å². The quantitative estimate of drug-likeness (QED) is 0.881. The molecule has 0 bridgehead atoms. The Hall–Kier alpha value is -2.82. The molecule has 5 nitrogen and oxygen atoms in total. The van der Waals surface area contributed by atoms with E-state index in [1.165, 1.54) is 4.90 Å². The molecule has 0 aliphatic carbocycles. The normalized spacial score (nSPS) is 14.3. The molecule has 1 aliphatic rings. The summed E-state index contributed by atoms with van der Waals surface area (Å²) in [6.45, 7) is 0.778. The molecular formula is C17H15NO4. The van der Waals surface area contributed by atoms with Gasteiger partial charge in [0, 0.05) is 5.56 Å². The van der Waals surface area contributed by atoms with Crippen LogP contribution in [-0.4, -0.2) is 41.6 Å². The summed E-state index contributed by atoms with van der Waals surface area (Å²) >= 11 is 0. The number of likely N-dealkylation sites (tertiary alicyclic amines) is 1. The number of carbonyl (C=O) groups is 2. The highest BCUT2D eigenvalue weighted by Crippen LogP contribution is 2.26. The molecule has 0 radical (unpaired) electrons. The van der Waals surface area contributed by atoms with E-state index >= 15 is 0 Å². The lowest BCUT2D eigenvalue weighted by atomic mass is 10.0. The highest BCUT2D eigenvalue weighted by atomic mass is 16.5. The van der Waals surface area contributed by atoms with Crippen molar-refractivity contribution < 1.29 is 19.4 Å². The molecule has 0 spiro atoms. The van der Waals surface area contributed by atoms with Crippen LogP contribution in [0, 0.1) is 0 Å². The van der Waals surface area contributed by atoms with Crippen molar-refractivity contribution in [3.63, 3.8) is 0 Å². The number of benzene rings is 2. The monoisotopic (exact) mass is 297 g/mol. The van der Waals surface area contributed by atoms with E-state index in [2.05, 4.69) is 0 Å². The Morgan fingerprint density at radius 3 is 2.50 bits per heavy atom. The maximum Gasteiger partial charge on any atom is 0.407 e. The van der Waals surface area contributed by atoms with Crippen LogP contribution in [0.5, 0.6) is 5.75 Å². The number of hydrogen-bond acceptors (Lipinski definition) is 3. The van der Waals surface area contributed by atoms with Gasteiger partial charge in [-0.05, 0) is 29.3 Å². The van der Waals surface area contributed by atoms with Crippen molar-refractivity contribution in [3.05, 3.63) is 54.1 Å². The molecule has 2 aromatic rings. The number of amides is 1. The molecule has 112 valence electrons. The highest BCUT2D eigenvalue weighted by Gasteiger charge is 2.32. The zero-order chi connectivity index (χ0) is 15.5. The van der Waals surface area contributed by atoms with Crippen LogP contribution in [0.25, 0.3) is 11.1 Å². The largest absolute Gasteiger partial charge is 0.487 e. The molecule has 3 rings (SSSR count). The van der Waals surface area contributed by atoms with Crippen LogP contribution in [0.2, 0.25) is 0 Å². The van der Waals surface area contributed by atoms with E-state index in [1.54, 1.807) is 6.07 Å². The number of carbonyl (C=O) groups excluding carboxylic acids is 1. The van der Waals surface area contributed by atoms with Gasteiger partial charge >= 0.3 is 6.09 Å². The van der Waals surface area contributed by atoms with E-state index in [0.717, 1.165) is 17.4 Å². The van der Waals surface area contributed by atoms with E-state index in [0.29, 0.717) is 24.4 Å². The summed E-state index contributed by atoms with van der Waals surface area (Å²) in [7, 11) is 0. The summed E-state index contributed by atoms with van der Waals surface area (Å²) in [5.41, 5.74) is 2.52. The number of hydrogen-bond donors (Lipinski definition) is 1. The second kappa shape index (κ2) is 5.89. The van der Waals surface area contributed by atoms with Gasteiger partial charge in [0.05, 0.1) is 13.1 Å². The lowest BCUT2D eigenvalue weighted by Crippen LogP contribution is -2.55. The van der Waals surface area contributed by atoms with Gasteiger partial charge in [-0.15, -0.1) is 0 Å². The average molecular weight is 297 g/mol. The van der Waals surface area contributed by atoms with E-state index in [1.807, 2.05) is 42.5 Å². The molecule has 1 fully saturated rings. The Bertz CT molecular complexity index is 707. The average Bonchev–Trinajstić information content (AvgIpc) is 2.50. The number of aldehydes is 1. The van der Waals surface area contributed by atoms with Crippen molar-refractivity contribution in [1.82, 2.24) is 4.90 Å². The zero-order valence-corrected chi connectivity index (χ0v) is 11.8. The van der Waals surface area contributed by atoms with Gasteiger partial charge in [-0.1, -0.05) is 30.3 Å². The summed E-state index contributed by atoms with van der Waals surface area (Å²) in [6.07, 6.45) is -0.203.